The average molecular weight is 232 g/mol. The molecule has 3 N–H and O–H groups in total. The van der Waals surface area contributed by atoms with Gasteiger partial charge in [-0.05, 0) is 12.8 Å². The zero-order valence-corrected chi connectivity index (χ0v) is 8.30. The quantitative estimate of drug-likeness (QED) is 0.506. The summed E-state index contributed by atoms with van der Waals surface area (Å²) in [5, 5.41) is 0. The second-order valence-electron chi connectivity index (χ2n) is 2.27. The summed E-state index contributed by atoms with van der Waals surface area (Å²) in [5.41, 5.74) is 5.11. The molecule has 0 aromatic heterocycles. The van der Waals surface area contributed by atoms with E-state index in [0.29, 0.717) is 12.8 Å². The molecule has 0 atom stereocenters. The van der Waals surface area contributed by atoms with E-state index < -0.39 is 15.8 Å². The van der Waals surface area contributed by atoms with Gasteiger partial charge in [-0.3, -0.25) is 0 Å². The number of alkyl halides is 2. The zero-order chi connectivity index (χ0) is 10.5. The van der Waals surface area contributed by atoms with Gasteiger partial charge in [-0.15, -0.1) is 0 Å². The molecule has 0 aliphatic carbocycles. The molecule has 0 aromatic rings. The van der Waals surface area contributed by atoms with Crippen LogP contribution in [0.3, 0.4) is 0 Å². The molecule has 0 rings (SSSR count). The highest BCUT2D eigenvalue weighted by Crippen LogP contribution is 2.01. The molecular formula is C5H10F2N2O2S2. The Kier molecular flexibility index (Phi) is 5.26. The highest BCUT2D eigenvalue weighted by atomic mass is 32.2. The number of nitrogens with one attached hydrogen (secondary N) is 1. The molecule has 8 heteroatoms. The van der Waals surface area contributed by atoms with Crippen LogP contribution in [-0.4, -0.2) is 25.7 Å². The van der Waals surface area contributed by atoms with Crippen molar-refractivity contribution < 1.29 is 17.2 Å². The van der Waals surface area contributed by atoms with Crippen LogP contribution >= 0.6 is 12.2 Å². The van der Waals surface area contributed by atoms with Crippen LogP contribution in [0, 0.1) is 0 Å². The summed E-state index contributed by atoms with van der Waals surface area (Å²) >= 11 is 4.51. The fourth-order valence-electron chi connectivity index (χ4n) is 0.540. The van der Waals surface area contributed by atoms with Crippen molar-refractivity contribution in [3.8, 4) is 0 Å². The topological polar surface area (TPSA) is 72.2 Å². The van der Waals surface area contributed by atoms with Gasteiger partial charge in [-0.25, -0.2) is 13.1 Å². The number of rotatable bonds is 6. The van der Waals surface area contributed by atoms with E-state index in [1.807, 2.05) is 0 Å². The molecule has 0 aromatic carbocycles. The SMILES string of the molecule is NC(=S)CCCNS(=O)(=O)C(F)F. The van der Waals surface area contributed by atoms with E-state index in [9.17, 15) is 17.2 Å². The number of hydrogen-bond acceptors (Lipinski definition) is 3. The second kappa shape index (κ2) is 5.40. The van der Waals surface area contributed by atoms with Crippen LogP contribution in [0.4, 0.5) is 8.78 Å². The number of nitrogens with two attached hydrogens (primary N) is 1. The third-order valence-corrected chi connectivity index (χ3v) is 2.42. The summed E-state index contributed by atoms with van der Waals surface area (Å²) in [6.07, 6.45) is 0.655. The largest absolute Gasteiger partial charge is 0.393 e. The zero-order valence-electron chi connectivity index (χ0n) is 6.66. The van der Waals surface area contributed by atoms with Crippen molar-refractivity contribution in [2.24, 2.45) is 5.73 Å². The van der Waals surface area contributed by atoms with Gasteiger partial charge in [0.1, 0.15) is 0 Å². The minimum Gasteiger partial charge on any atom is -0.393 e. The van der Waals surface area contributed by atoms with Crippen molar-refractivity contribution >= 4 is 27.2 Å². The predicted octanol–water partition coefficient (Wildman–Crippen LogP) is 0.195. The summed E-state index contributed by atoms with van der Waals surface area (Å²) in [6, 6.07) is 0. The number of hydrogen-bond donors (Lipinski definition) is 2. The average Bonchev–Trinajstić information content (AvgIpc) is 1.97. The first-order chi connectivity index (χ1) is 5.86. The molecule has 78 valence electrons. The molecule has 0 bridgehead atoms. The van der Waals surface area contributed by atoms with Crippen LogP contribution in [0.1, 0.15) is 12.8 Å². The summed E-state index contributed by atoms with van der Waals surface area (Å²) in [6.45, 7) is -0.0794. The maximum Gasteiger partial charge on any atom is 0.350 e. The molecule has 0 saturated carbocycles. The van der Waals surface area contributed by atoms with Crippen molar-refractivity contribution in [2.45, 2.75) is 18.6 Å². The fraction of sp³-hybridized carbons (Fsp3) is 0.800. The van der Waals surface area contributed by atoms with E-state index in [-0.39, 0.29) is 11.5 Å². The summed E-state index contributed by atoms with van der Waals surface area (Å²) in [4.78, 5) is 0.233. The standard InChI is InChI=1S/C5H10F2N2O2S2/c6-5(7)13(10,11)9-3-1-2-4(8)12/h5,9H,1-3H2,(H2,8,12). The number of halogens is 2. The molecule has 0 fully saturated rings. The third-order valence-electron chi connectivity index (χ3n) is 1.14. The Morgan fingerprint density at radius 1 is 1.54 bits per heavy atom. The molecule has 0 spiro atoms. The highest BCUT2D eigenvalue weighted by molar-refractivity contribution is 7.89. The molecule has 0 saturated heterocycles. The van der Waals surface area contributed by atoms with E-state index >= 15 is 0 Å². The monoisotopic (exact) mass is 232 g/mol. The molecule has 0 heterocycles. The van der Waals surface area contributed by atoms with Crippen LogP contribution in [-0.2, 0) is 10.0 Å². The Labute approximate surface area is 80.5 Å². The summed E-state index contributed by atoms with van der Waals surface area (Å²) < 4.78 is 46.0. The maximum absolute atomic E-state index is 11.7. The lowest BCUT2D eigenvalue weighted by molar-refractivity contribution is 0.232. The van der Waals surface area contributed by atoms with E-state index in [4.69, 9.17) is 5.73 Å². The van der Waals surface area contributed by atoms with Crippen molar-refractivity contribution in [3.63, 3.8) is 0 Å². The van der Waals surface area contributed by atoms with Gasteiger partial charge in [-0.1, -0.05) is 12.2 Å². The van der Waals surface area contributed by atoms with Gasteiger partial charge < -0.3 is 5.73 Å². The predicted molar refractivity (Wildman–Crippen MR) is 48.9 cm³/mol. The van der Waals surface area contributed by atoms with Gasteiger partial charge in [0.05, 0.1) is 4.99 Å². The van der Waals surface area contributed by atoms with Crippen molar-refractivity contribution in [2.75, 3.05) is 6.54 Å². The normalized spacial score (nSPS) is 11.9. The van der Waals surface area contributed by atoms with Crippen LogP contribution < -0.4 is 10.5 Å². The minimum atomic E-state index is -4.46. The van der Waals surface area contributed by atoms with Crippen molar-refractivity contribution in [3.05, 3.63) is 0 Å². The van der Waals surface area contributed by atoms with E-state index in [1.165, 1.54) is 0 Å². The Morgan fingerprint density at radius 3 is 2.46 bits per heavy atom. The Hall–Kier alpha value is -0.340. The number of sulfonamides is 1. The van der Waals surface area contributed by atoms with Gasteiger partial charge in [-0.2, -0.15) is 8.78 Å². The lowest BCUT2D eigenvalue weighted by Gasteiger charge is -2.04. The molecule has 0 unspecified atom stereocenters. The molecule has 0 aliphatic heterocycles. The van der Waals surface area contributed by atoms with E-state index in [1.54, 1.807) is 4.72 Å². The Balaban J connectivity index is 3.72. The summed E-state index contributed by atoms with van der Waals surface area (Å²) in [5.74, 6) is -3.39. The van der Waals surface area contributed by atoms with Crippen LogP contribution in [0.2, 0.25) is 0 Å². The first-order valence-electron chi connectivity index (χ1n) is 3.41. The Morgan fingerprint density at radius 2 is 2.08 bits per heavy atom. The molecular weight excluding hydrogens is 222 g/mol. The Bertz CT molecular complexity index is 266. The lowest BCUT2D eigenvalue weighted by Crippen LogP contribution is -2.30. The number of thiocarbonyl (C=S) groups is 1. The molecule has 4 nitrogen and oxygen atoms in total. The molecule has 0 amide bonds. The van der Waals surface area contributed by atoms with E-state index in [0.717, 1.165) is 0 Å². The fourth-order valence-corrected chi connectivity index (χ4v) is 1.24. The minimum absolute atomic E-state index is 0.0794. The van der Waals surface area contributed by atoms with Gasteiger partial charge >= 0.3 is 5.76 Å². The molecule has 13 heavy (non-hydrogen) atoms. The molecule has 0 radical (unpaired) electrons. The first-order valence-corrected chi connectivity index (χ1v) is 5.36. The smallest absolute Gasteiger partial charge is 0.350 e. The van der Waals surface area contributed by atoms with E-state index in [2.05, 4.69) is 12.2 Å². The van der Waals surface area contributed by atoms with Gasteiger partial charge in [0, 0.05) is 6.54 Å². The van der Waals surface area contributed by atoms with Crippen LogP contribution in [0.5, 0.6) is 0 Å². The third kappa shape index (κ3) is 5.83. The van der Waals surface area contributed by atoms with Gasteiger partial charge in [0.25, 0.3) is 10.0 Å². The van der Waals surface area contributed by atoms with Gasteiger partial charge in [0.2, 0.25) is 0 Å². The van der Waals surface area contributed by atoms with Crippen LogP contribution in [0.25, 0.3) is 0 Å². The molecule has 0 aliphatic rings. The summed E-state index contributed by atoms with van der Waals surface area (Å²) in [7, 11) is -4.46. The second-order valence-corrected chi connectivity index (χ2v) is 4.53. The van der Waals surface area contributed by atoms with Crippen molar-refractivity contribution in [1.82, 2.24) is 4.72 Å². The van der Waals surface area contributed by atoms with Crippen LogP contribution in [0.15, 0.2) is 0 Å². The lowest BCUT2D eigenvalue weighted by atomic mass is 10.3. The maximum atomic E-state index is 11.7. The van der Waals surface area contributed by atoms with Crippen molar-refractivity contribution in [1.29, 1.82) is 0 Å². The highest BCUT2D eigenvalue weighted by Gasteiger charge is 2.22. The van der Waals surface area contributed by atoms with Gasteiger partial charge in [0.15, 0.2) is 0 Å². The first kappa shape index (κ1) is 12.7.